The number of oxime groups is 1. The number of benzene rings is 1. The van der Waals surface area contributed by atoms with Crippen molar-refractivity contribution in [2.45, 2.75) is 13.8 Å². The molecule has 0 atom stereocenters. The fourth-order valence-corrected chi connectivity index (χ4v) is 2.09. The van der Waals surface area contributed by atoms with E-state index in [4.69, 9.17) is 4.84 Å². The second-order valence-corrected chi connectivity index (χ2v) is 5.21. The lowest BCUT2D eigenvalue weighted by atomic mass is 9.99. The van der Waals surface area contributed by atoms with Crippen LogP contribution in [0.1, 0.15) is 24.2 Å². The average molecular weight is 334 g/mol. The summed E-state index contributed by atoms with van der Waals surface area (Å²) in [7, 11) is 0. The van der Waals surface area contributed by atoms with Gasteiger partial charge in [-0.2, -0.15) is 0 Å². The second kappa shape index (κ2) is 5.96. The van der Waals surface area contributed by atoms with Crippen molar-refractivity contribution < 1.29 is 14.4 Å². The molecule has 20 heavy (non-hydrogen) atoms. The first-order chi connectivity index (χ1) is 9.49. The highest BCUT2D eigenvalue weighted by Crippen LogP contribution is 2.17. The van der Waals surface area contributed by atoms with Gasteiger partial charge in [-0.3, -0.25) is 4.79 Å². The second-order valence-electron chi connectivity index (χ2n) is 4.35. The van der Waals surface area contributed by atoms with E-state index in [1.165, 1.54) is 6.08 Å². The summed E-state index contributed by atoms with van der Waals surface area (Å²) in [6.07, 6.45) is 3.07. The Balaban J connectivity index is 2.18. The van der Waals surface area contributed by atoms with Gasteiger partial charge in [0.1, 0.15) is 5.71 Å². The molecule has 0 bridgehead atoms. The highest BCUT2D eigenvalue weighted by Gasteiger charge is 2.15. The van der Waals surface area contributed by atoms with Crippen LogP contribution in [0.2, 0.25) is 0 Å². The molecule has 0 amide bonds. The largest absolute Gasteiger partial charge is 0.366 e. The van der Waals surface area contributed by atoms with E-state index in [0.717, 1.165) is 0 Å². The summed E-state index contributed by atoms with van der Waals surface area (Å²) in [5.74, 6) is -0.612. The molecule has 0 heterocycles. The highest BCUT2D eigenvalue weighted by atomic mass is 79.9. The number of nitrogens with zero attached hydrogens (tertiary/aromatic N) is 1. The van der Waals surface area contributed by atoms with Crippen LogP contribution in [-0.2, 0) is 9.63 Å². The molecule has 0 saturated carbocycles. The van der Waals surface area contributed by atoms with Gasteiger partial charge >= 0.3 is 5.97 Å². The number of ketones is 1. The predicted molar refractivity (Wildman–Crippen MR) is 79.5 cm³/mol. The molecule has 0 saturated heterocycles. The Morgan fingerprint density at radius 2 is 1.85 bits per heavy atom. The minimum absolute atomic E-state index is 0.0569. The molecule has 1 aromatic carbocycles. The number of allylic oxidation sites excluding steroid dienone is 4. The van der Waals surface area contributed by atoms with Gasteiger partial charge in [-0.1, -0.05) is 17.3 Å². The van der Waals surface area contributed by atoms with Crippen LogP contribution >= 0.6 is 15.9 Å². The molecule has 0 radical (unpaired) electrons. The van der Waals surface area contributed by atoms with Gasteiger partial charge in [0.15, 0.2) is 5.78 Å². The summed E-state index contributed by atoms with van der Waals surface area (Å²) in [5.41, 5.74) is 2.10. The standard InChI is InChI=1S/C15H12BrNO3/c1-9-8-14(18)10(2)7-13(9)17-20-15(19)11-5-3-4-6-12(11)16/h3-8H,1-2H3/b17-13+. The van der Waals surface area contributed by atoms with Gasteiger partial charge in [0, 0.05) is 4.47 Å². The van der Waals surface area contributed by atoms with Crippen LogP contribution in [0.3, 0.4) is 0 Å². The SMILES string of the molecule is CC1=C/C(=N\OC(=O)c2ccccc2Br)C(C)=CC1=O. The van der Waals surface area contributed by atoms with E-state index in [2.05, 4.69) is 21.1 Å². The van der Waals surface area contributed by atoms with E-state index < -0.39 is 5.97 Å². The zero-order chi connectivity index (χ0) is 14.7. The number of carbonyl (C=O) groups excluding carboxylic acids is 2. The minimum atomic E-state index is -0.555. The summed E-state index contributed by atoms with van der Waals surface area (Å²) >= 11 is 3.27. The predicted octanol–water partition coefficient (Wildman–Crippen LogP) is 3.44. The third kappa shape index (κ3) is 3.11. The summed E-state index contributed by atoms with van der Waals surface area (Å²) in [6.45, 7) is 3.43. The van der Waals surface area contributed by atoms with Crippen molar-refractivity contribution in [3.05, 3.63) is 57.6 Å². The zero-order valence-corrected chi connectivity index (χ0v) is 12.6. The summed E-state index contributed by atoms with van der Waals surface area (Å²) in [6, 6.07) is 6.93. The Kier molecular flexibility index (Phi) is 4.29. The van der Waals surface area contributed by atoms with Crippen molar-refractivity contribution in [3.63, 3.8) is 0 Å². The maximum atomic E-state index is 11.9. The first-order valence-corrected chi connectivity index (χ1v) is 6.73. The zero-order valence-electron chi connectivity index (χ0n) is 11.0. The van der Waals surface area contributed by atoms with Crippen LogP contribution in [0, 0.1) is 0 Å². The average Bonchev–Trinajstić information content (AvgIpc) is 2.41. The van der Waals surface area contributed by atoms with Crippen LogP contribution in [0.4, 0.5) is 0 Å². The van der Waals surface area contributed by atoms with Gasteiger partial charge in [0.05, 0.1) is 5.56 Å². The number of halogens is 1. The molecule has 0 aromatic heterocycles. The molecule has 0 N–H and O–H groups in total. The smallest absolute Gasteiger partial charge is 0.312 e. The Morgan fingerprint density at radius 3 is 2.55 bits per heavy atom. The first-order valence-electron chi connectivity index (χ1n) is 5.94. The third-order valence-corrected chi connectivity index (χ3v) is 3.51. The van der Waals surface area contributed by atoms with Crippen LogP contribution < -0.4 is 0 Å². The van der Waals surface area contributed by atoms with Crippen molar-refractivity contribution in [1.29, 1.82) is 0 Å². The van der Waals surface area contributed by atoms with E-state index >= 15 is 0 Å². The Hall–Kier alpha value is -2.01. The fraction of sp³-hybridized carbons (Fsp3) is 0.133. The topological polar surface area (TPSA) is 55.7 Å². The molecule has 0 aliphatic heterocycles. The van der Waals surface area contributed by atoms with Gasteiger partial charge in [-0.25, -0.2) is 4.79 Å². The first kappa shape index (κ1) is 14.4. The van der Waals surface area contributed by atoms with Crippen molar-refractivity contribution in [2.24, 2.45) is 5.16 Å². The quantitative estimate of drug-likeness (QED) is 0.473. The Labute approximate surface area is 124 Å². The van der Waals surface area contributed by atoms with E-state index in [1.807, 2.05) is 0 Å². The number of hydrogen-bond donors (Lipinski definition) is 0. The maximum Gasteiger partial charge on any atom is 0.366 e. The molecule has 1 aliphatic carbocycles. The summed E-state index contributed by atoms with van der Waals surface area (Å²) < 4.78 is 0.642. The molecular weight excluding hydrogens is 322 g/mol. The fourth-order valence-electron chi connectivity index (χ4n) is 1.64. The summed E-state index contributed by atoms with van der Waals surface area (Å²) in [5, 5.41) is 3.82. The third-order valence-electron chi connectivity index (χ3n) is 2.81. The molecule has 1 aromatic rings. The lowest BCUT2D eigenvalue weighted by molar-refractivity contribution is -0.111. The van der Waals surface area contributed by atoms with Gasteiger partial charge in [0.25, 0.3) is 0 Å². The molecule has 1 aliphatic rings. The number of carbonyl (C=O) groups is 2. The molecule has 2 rings (SSSR count). The Morgan fingerprint density at radius 1 is 1.15 bits per heavy atom. The molecule has 0 unspecified atom stereocenters. The van der Waals surface area contributed by atoms with Crippen LogP contribution in [0.5, 0.6) is 0 Å². The molecular formula is C15H12BrNO3. The van der Waals surface area contributed by atoms with Crippen molar-refractivity contribution >= 4 is 33.4 Å². The van der Waals surface area contributed by atoms with Gasteiger partial charge in [-0.05, 0) is 65.2 Å². The van der Waals surface area contributed by atoms with E-state index in [0.29, 0.717) is 26.9 Å². The van der Waals surface area contributed by atoms with Crippen molar-refractivity contribution in [2.75, 3.05) is 0 Å². The molecule has 5 heteroatoms. The van der Waals surface area contributed by atoms with E-state index in [9.17, 15) is 9.59 Å². The molecule has 4 nitrogen and oxygen atoms in total. The highest BCUT2D eigenvalue weighted by molar-refractivity contribution is 9.10. The monoisotopic (exact) mass is 333 g/mol. The normalized spacial score (nSPS) is 16.8. The molecule has 102 valence electrons. The lowest BCUT2D eigenvalue weighted by Crippen LogP contribution is -2.11. The Bertz CT molecular complexity index is 671. The van der Waals surface area contributed by atoms with E-state index in [-0.39, 0.29) is 5.78 Å². The summed E-state index contributed by atoms with van der Waals surface area (Å²) in [4.78, 5) is 28.3. The van der Waals surface area contributed by atoms with E-state index in [1.54, 1.807) is 44.2 Å². The number of rotatable bonds is 2. The van der Waals surface area contributed by atoms with Gasteiger partial charge in [0.2, 0.25) is 0 Å². The van der Waals surface area contributed by atoms with Crippen molar-refractivity contribution in [1.82, 2.24) is 0 Å². The number of hydrogen-bond acceptors (Lipinski definition) is 4. The van der Waals surface area contributed by atoms with Crippen LogP contribution in [-0.4, -0.2) is 17.5 Å². The molecule has 0 spiro atoms. The van der Waals surface area contributed by atoms with Crippen LogP contribution in [0.15, 0.2) is 57.2 Å². The van der Waals surface area contributed by atoms with Gasteiger partial charge in [-0.15, -0.1) is 0 Å². The van der Waals surface area contributed by atoms with Crippen molar-refractivity contribution in [3.8, 4) is 0 Å². The maximum absolute atomic E-state index is 11.9. The lowest BCUT2D eigenvalue weighted by Gasteiger charge is -2.08. The van der Waals surface area contributed by atoms with Gasteiger partial charge < -0.3 is 4.84 Å². The molecule has 0 fully saturated rings. The minimum Gasteiger partial charge on any atom is -0.312 e. The van der Waals surface area contributed by atoms with Crippen LogP contribution in [0.25, 0.3) is 0 Å².